The molecule has 1 heterocycles. The van der Waals surface area contributed by atoms with Gasteiger partial charge in [-0.25, -0.2) is 8.42 Å². The summed E-state index contributed by atoms with van der Waals surface area (Å²) in [6.07, 6.45) is 0. The molecule has 0 amide bonds. The highest BCUT2D eigenvalue weighted by Crippen LogP contribution is 2.26. The molecule has 0 radical (unpaired) electrons. The van der Waals surface area contributed by atoms with E-state index < -0.39 is 15.1 Å². The molecule has 2 N–H and O–H groups in total. The van der Waals surface area contributed by atoms with Gasteiger partial charge < -0.3 is 10.6 Å². The van der Waals surface area contributed by atoms with Crippen LogP contribution in [0.1, 0.15) is 5.56 Å². The Bertz CT molecular complexity index is 545. The van der Waals surface area contributed by atoms with E-state index in [1.54, 1.807) is 0 Å². The van der Waals surface area contributed by atoms with Gasteiger partial charge in [0.1, 0.15) is 0 Å². The number of anilines is 1. The van der Waals surface area contributed by atoms with Crippen molar-refractivity contribution >= 4 is 31.5 Å². The summed E-state index contributed by atoms with van der Waals surface area (Å²) in [5.74, 6) is 0.181. The van der Waals surface area contributed by atoms with E-state index in [9.17, 15) is 8.42 Å². The predicted molar refractivity (Wildman–Crippen MR) is 77.7 cm³/mol. The smallest absolute Gasteiger partial charge is 0.157 e. The third-order valence-electron chi connectivity index (χ3n) is 3.36. The Balaban J connectivity index is 2.23. The van der Waals surface area contributed by atoms with Gasteiger partial charge in [0.2, 0.25) is 0 Å². The molecular weight excluding hydrogens is 316 g/mol. The topological polar surface area (TPSA) is 63.4 Å². The standard InChI is InChI=1S/C12H17BrN2O2S/c1-9-2-3-10(6-12(9)13)15-4-5-18(16,17)11(7-14)8-15/h2-3,6,11H,4-5,7-8,14H2,1H3. The summed E-state index contributed by atoms with van der Waals surface area (Å²) in [6.45, 7) is 3.23. The summed E-state index contributed by atoms with van der Waals surface area (Å²) in [6, 6.07) is 6.08. The molecule has 1 unspecified atom stereocenters. The highest BCUT2D eigenvalue weighted by molar-refractivity contribution is 9.10. The maximum absolute atomic E-state index is 11.8. The minimum Gasteiger partial charge on any atom is -0.369 e. The van der Waals surface area contributed by atoms with Crippen molar-refractivity contribution in [2.45, 2.75) is 12.2 Å². The molecule has 100 valence electrons. The Morgan fingerprint density at radius 2 is 2.22 bits per heavy atom. The van der Waals surface area contributed by atoms with Crippen LogP contribution in [-0.2, 0) is 9.84 Å². The fourth-order valence-electron chi connectivity index (χ4n) is 2.09. The number of nitrogens with two attached hydrogens (primary N) is 1. The van der Waals surface area contributed by atoms with Gasteiger partial charge in [-0.1, -0.05) is 22.0 Å². The molecule has 1 aromatic rings. The van der Waals surface area contributed by atoms with E-state index in [4.69, 9.17) is 5.73 Å². The molecule has 18 heavy (non-hydrogen) atoms. The van der Waals surface area contributed by atoms with Crippen LogP contribution in [0.4, 0.5) is 5.69 Å². The van der Waals surface area contributed by atoms with E-state index in [0.717, 1.165) is 10.2 Å². The Hall–Kier alpha value is -0.590. The molecule has 1 fully saturated rings. The third-order valence-corrected chi connectivity index (χ3v) is 6.32. The van der Waals surface area contributed by atoms with Crippen molar-refractivity contribution in [2.75, 3.05) is 30.3 Å². The van der Waals surface area contributed by atoms with Crippen LogP contribution in [0, 0.1) is 6.92 Å². The van der Waals surface area contributed by atoms with Gasteiger partial charge in [0, 0.05) is 29.8 Å². The molecule has 0 aromatic heterocycles. The molecule has 1 saturated heterocycles. The van der Waals surface area contributed by atoms with E-state index in [2.05, 4.69) is 20.8 Å². The van der Waals surface area contributed by atoms with Crippen molar-refractivity contribution in [3.05, 3.63) is 28.2 Å². The van der Waals surface area contributed by atoms with E-state index in [-0.39, 0.29) is 12.3 Å². The van der Waals surface area contributed by atoms with Crippen LogP contribution >= 0.6 is 15.9 Å². The van der Waals surface area contributed by atoms with E-state index in [1.807, 2.05) is 25.1 Å². The average Bonchev–Trinajstić information content (AvgIpc) is 2.32. The predicted octanol–water partition coefficient (Wildman–Crippen LogP) is 1.32. The maximum atomic E-state index is 11.8. The molecule has 4 nitrogen and oxygen atoms in total. The SMILES string of the molecule is Cc1ccc(N2CCS(=O)(=O)C(CN)C2)cc1Br. The molecule has 2 rings (SSSR count). The first kappa shape index (κ1) is 13.8. The Labute approximate surface area is 116 Å². The van der Waals surface area contributed by atoms with Gasteiger partial charge in [-0.05, 0) is 24.6 Å². The minimum atomic E-state index is -3.01. The van der Waals surface area contributed by atoms with Crippen LogP contribution < -0.4 is 10.6 Å². The third kappa shape index (κ3) is 2.70. The van der Waals surface area contributed by atoms with Gasteiger partial charge in [0.05, 0.1) is 11.0 Å². The maximum Gasteiger partial charge on any atom is 0.157 e. The van der Waals surface area contributed by atoms with Crippen LogP contribution in [0.3, 0.4) is 0 Å². The molecule has 1 aliphatic heterocycles. The molecule has 0 aliphatic carbocycles. The van der Waals surface area contributed by atoms with Crippen LogP contribution in [0.15, 0.2) is 22.7 Å². The van der Waals surface area contributed by atoms with Crippen molar-refractivity contribution in [1.29, 1.82) is 0 Å². The van der Waals surface area contributed by atoms with Crippen molar-refractivity contribution < 1.29 is 8.42 Å². The molecule has 1 aromatic carbocycles. The fourth-order valence-corrected chi connectivity index (χ4v) is 3.96. The second-order valence-corrected chi connectivity index (χ2v) is 7.86. The lowest BCUT2D eigenvalue weighted by atomic mass is 10.2. The highest BCUT2D eigenvalue weighted by Gasteiger charge is 2.31. The number of hydrogen-bond acceptors (Lipinski definition) is 4. The lowest BCUT2D eigenvalue weighted by Gasteiger charge is -2.33. The summed E-state index contributed by atoms with van der Waals surface area (Å²) in [5, 5.41) is -0.452. The monoisotopic (exact) mass is 332 g/mol. The van der Waals surface area contributed by atoms with Gasteiger partial charge in [-0.2, -0.15) is 0 Å². The average molecular weight is 333 g/mol. The molecule has 0 spiro atoms. The van der Waals surface area contributed by atoms with Crippen molar-refractivity contribution in [2.24, 2.45) is 5.73 Å². The Kier molecular flexibility index (Phi) is 3.99. The van der Waals surface area contributed by atoms with Crippen LogP contribution in [0.2, 0.25) is 0 Å². The first-order valence-corrected chi connectivity index (χ1v) is 8.37. The second kappa shape index (κ2) is 5.19. The number of halogens is 1. The van der Waals surface area contributed by atoms with Gasteiger partial charge in [-0.3, -0.25) is 0 Å². The van der Waals surface area contributed by atoms with Gasteiger partial charge >= 0.3 is 0 Å². The van der Waals surface area contributed by atoms with Gasteiger partial charge in [-0.15, -0.1) is 0 Å². The number of nitrogens with zero attached hydrogens (tertiary/aromatic N) is 1. The molecule has 1 aliphatic rings. The summed E-state index contributed by atoms with van der Waals surface area (Å²) >= 11 is 3.50. The number of aryl methyl sites for hydroxylation is 1. The summed E-state index contributed by atoms with van der Waals surface area (Å²) in [4.78, 5) is 2.09. The van der Waals surface area contributed by atoms with Gasteiger partial charge in [0.15, 0.2) is 9.84 Å². The molecule has 1 atom stereocenters. The van der Waals surface area contributed by atoms with Gasteiger partial charge in [0.25, 0.3) is 0 Å². The largest absolute Gasteiger partial charge is 0.369 e. The van der Waals surface area contributed by atoms with E-state index in [1.165, 1.54) is 5.56 Å². The zero-order chi connectivity index (χ0) is 13.3. The molecule has 0 bridgehead atoms. The van der Waals surface area contributed by atoms with Crippen LogP contribution in [-0.4, -0.2) is 39.1 Å². The Morgan fingerprint density at radius 1 is 1.50 bits per heavy atom. The summed E-state index contributed by atoms with van der Waals surface area (Å²) < 4.78 is 24.6. The number of rotatable bonds is 2. The minimum absolute atomic E-state index is 0.181. The molecular formula is C12H17BrN2O2S. The normalized spacial score (nSPS) is 23.1. The summed E-state index contributed by atoms with van der Waals surface area (Å²) in [7, 11) is -3.01. The number of benzene rings is 1. The lowest BCUT2D eigenvalue weighted by Crippen LogP contribution is -2.50. The first-order chi connectivity index (χ1) is 8.44. The number of sulfone groups is 1. The lowest BCUT2D eigenvalue weighted by molar-refractivity contribution is 0.563. The van der Waals surface area contributed by atoms with Crippen LogP contribution in [0.5, 0.6) is 0 Å². The molecule has 0 saturated carbocycles. The molecule has 6 heteroatoms. The number of hydrogen-bond donors (Lipinski definition) is 1. The van der Waals surface area contributed by atoms with Crippen molar-refractivity contribution in [3.63, 3.8) is 0 Å². The highest BCUT2D eigenvalue weighted by atomic mass is 79.9. The van der Waals surface area contributed by atoms with Crippen molar-refractivity contribution in [3.8, 4) is 0 Å². The second-order valence-electron chi connectivity index (χ2n) is 4.60. The van der Waals surface area contributed by atoms with Crippen molar-refractivity contribution in [1.82, 2.24) is 0 Å². The zero-order valence-electron chi connectivity index (χ0n) is 10.3. The summed E-state index contributed by atoms with van der Waals surface area (Å²) in [5.41, 5.74) is 7.77. The Morgan fingerprint density at radius 3 is 2.83 bits per heavy atom. The van der Waals surface area contributed by atoms with E-state index in [0.29, 0.717) is 13.1 Å². The fraction of sp³-hybridized carbons (Fsp3) is 0.500. The zero-order valence-corrected chi connectivity index (χ0v) is 12.7. The van der Waals surface area contributed by atoms with E-state index >= 15 is 0 Å². The first-order valence-electron chi connectivity index (χ1n) is 5.87. The van der Waals surface area contributed by atoms with Crippen LogP contribution in [0.25, 0.3) is 0 Å². The quantitative estimate of drug-likeness (QED) is 0.887.